The minimum atomic E-state index is -0.288. The van der Waals surface area contributed by atoms with Gasteiger partial charge in [0.1, 0.15) is 5.82 Å². The molecular weight excluding hydrogens is 269 g/mol. The van der Waals surface area contributed by atoms with Crippen LogP contribution in [0, 0.1) is 11.7 Å². The minimum absolute atomic E-state index is 0.157. The largest absolute Gasteiger partial charge is 0.380 e. The standard InChI is InChI=1S/C16H24FN3O/c1-11(13-6-8-20(3)9-7-13)18-16-10-14(19-12(2)21)4-5-15(16)17/h4-5,10-11,13,18H,6-9H2,1-3H3,(H,19,21). The molecule has 1 fully saturated rings. The van der Waals surface area contributed by atoms with Crippen molar-refractivity contribution >= 4 is 17.3 Å². The second-order valence-corrected chi connectivity index (χ2v) is 5.95. The van der Waals surface area contributed by atoms with Gasteiger partial charge in [0, 0.05) is 18.7 Å². The summed E-state index contributed by atoms with van der Waals surface area (Å²) in [7, 11) is 2.13. The van der Waals surface area contributed by atoms with E-state index in [1.165, 1.54) is 13.0 Å². The molecule has 2 N–H and O–H groups in total. The van der Waals surface area contributed by atoms with Gasteiger partial charge in [-0.15, -0.1) is 0 Å². The van der Waals surface area contributed by atoms with Gasteiger partial charge in [0.15, 0.2) is 0 Å². The van der Waals surface area contributed by atoms with Gasteiger partial charge in [-0.3, -0.25) is 4.79 Å². The minimum Gasteiger partial charge on any atom is -0.380 e. The van der Waals surface area contributed by atoms with E-state index in [2.05, 4.69) is 29.5 Å². The fraction of sp³-hybridized carbons (Fsp3) is 0.562. The van der Waals surface area contributed by atoms with Crippen molar-refractivity contribution in [2.75, 3.05) is 30.8 Å². The zero-order valence-corrected chi connectivity index (χ0v) is 12.9. The fourth-order valence-corrected chi connectivity index (χ4v) is 2.81. The average molecular weight is 293 g/mol. The number of nitrogens with zero attached hydrogens (tertiary/aromatic N) is 1. The molecular formula is C16H24FN3O. The molecule has 0 radical (unpaired) electrons. The maximum atomic E-state index is 13.9. The van der Waals surface area contributed by atoms with Crippen LogP contribution in [-0.4, -0.2) is 37.0 Å². The molecule has 1 aromatic carbocycles. The predicted octanol–water partition coefficient (Wildman–Crippen LogP) is 2.93. The highest BCUT2D eigenvalue weighted by atomic mass is 19.1. The van der Waals surface area contributed by atoms with Crippen LogP contribution in [0.5, 0.6) is 0 Å². The first-order valence-corrected chi connectivity index (χ1v) is 7.48. The number of hydrogen-bond acceptors (Lipinski definition) is 3. The summed E-state index contributed by atoms with van der Waals surface area (Å²) in [6, 6.07) is 4.82. The Kier molecular flexibility index (Phi) is 5.17. The summed E-state index contributed by atoms with van der Waals surface area (Å²) >= 11 is 0. The summed E-state index contributed by atoms with van der Waals surface area (Å²) in [4.78, 5) is 13.4. The van der Waals surface area contributed by atoms with Crippen LogP contribution in [0.25, 0.3) is 0 Å². The van der Waals surface area contributed by atoms with Crippen LogP contribution in [0.4, 0.5) is 15.8 Å². The molecule has 0 bridgehead atoms. The fourth-order valence-electron chi connectivity index (χ4n) is 2.81. The number of nitrogens with one attached hydrogen (secondary N) is 2. The molecule has 1 heterocycles. The molecule has 1 atom stereocenters. The topological polar surface area (TPSA) is 44.4 Å². The molecule has 1 aromatic rings. The number of carbonyl (C=O) groups is 1. The molecule has 1 saturated heterocycles. The third-order valence-corrected chi connectivity index (χ3v) is 4.14. The van der Waals surface area contributed by atoms with E-state index in [1.54, 1.807) is 12.1 Å². The highest BCUT2D eigenvalue weighted by Gasteiger charge is 2.22. The van der Waals surface area contributed by atoms with Crippen LogP contribution >= 0.6 is 0 Å². The summed E-state index contributed by atoms with van der Waals surface area (Å²) in [6.07, 6.45) is 2.25. The molecule has 1 aliphatic rings. The van der Waals surface area contributed by atoms with Crippen molar-refractivity contribution in [2.45, 2.75) is 32.7 Å². The lowest BCUT2D eigenvalue weighted by Crippen LogP contribution is -2.37. The van der Waals surface area contributed by atoms with Crippen molar-refractivity contribution < 1.29 is 9.18 Å². The summed E-state index contributed by atoms with van der Waals surface area (Å²) in [5.74, 6) is 0.102. The van der Waals surface area contributed by atoms with Gasteiger partial charge in [0.25, 0.3) is 0 Å². The molecule has 1 aliphatic heterocycles. The molecule has 4 nitrogen and oxygen atoms in total. The molecule has 0 aromatic heterocycles. The van der Waals surface area contributed by atoms with Crippen LogP contribution in [0.2, 0.25) is 0 Å². The van der Waals surface area contributed by atoms with Gasteiger partial charge in [-0.25, -0.2) is 4.39 Å². The maximum Gasteiger partial charge on any atom is 0.221 e. The van der Waals surface area contributed by atoms with Gasteiger partial charge < -0.3 is 15.5 Å². The van der Waals surface area contributed by atoms with Crippen molar-refractivity contribution in [3.8, 4) is 0 Å². The van der Waals surface area contributed by atoms with E-state index in [1.807, 2.05) is 0 Å². The molecule has 0 spiro atoms. The van der Waals surface area contributed by atoms with Crippen LogP contribution < -0.4 is 10.6 Å². The van der Waals surface area contributed by atoms with E-state index in [0.29, 0.717) is 17.3 Å². The number of piperidine rings is 1. The number of rotatable bonds is 4. The first-order chi connectivity index (χ1) is 9.95. The van der Waals surface area contributed by atoms with Gasteiger partial charge in [-0.05, 0) is 64.0 Å². The van der Waals surface area contributed by atoms with E-state index in [-0.39, 0.29) is 17.8 Å². The van der Waals surface area contributed by atoms with Gasteiger partial charge in [0.05, 0.1) is 5.69 Å². The summed E-state index contributed by atoms with van der Waals surface area (Å²) in [6.45, 7) is 5.72. The van der Waals surface area contributed by atoms with Crippen molar-refractivity contribution in [1.29, 1.82) is 0 Å². The second kappa shape index (κ2) is 6.89. The number of likely N-dealkylation sites (tertiary alicyclic amines) is 1. The Bertz CT molecular complexity index is 498. The van der Waals surface area contributed by atoms with Crippen molar-refractivity contribution in [1.82, 2.24) is 4.90 Å². The second-order valence-electron chi connectivity index (χ2n) is 5.95. The van der Waals surface area contributed by atoms with Crippen LogP contribution in [-0.2, 0) is 4.79 Å². The van der Waals surface area contributed by atoms with Crippen LogP contribution in [0.15, 0.2) is 18.2 Å². The first kappa shape index (κ1) is 15.8. The van der Waals surface area contributed by atoms with Crippen LogP contribution in [0.1, 0.15) is 26.7 Å². The Morgan fingerprint density at radius 2 is 2.05 bits per heavy atom. The molecule has 2 rings (SSSR count). The molecule has 1 unspecified atom stereocenters. The van der Waals surface area contributed by atoms with Gasteiger partial charge in [-0.2, -0.15) is 0 Å². The maximum absolute atomic E-state index is 13.9. The third kappa shape index (κ3) is 4.43. The SMILES string of the molecule is CC(=O)Nc1ccc(F)c(NC(C)C2CCN(C)CC2)c1. The lowest BCUT2D eigenvalue weighted by molar-refractivity contribution is -0.114. The van der Waals surface area contributed by atoms with E-state index in [0.717, 1.165) is 25.9 Å². The first-order valence-electron chi connectivity index (χ1n) is 7.48. The van der Waals surface area contributed by atoms with E-state index in [4.69, 9.17) is 0 Å². The number of carbonyl (C=O) groups excluding carboxylic acids is 1. The predicted molar refractivity (Wildman–Crippen MR) is 84.0 cm³/mol. The van der Waals surface area contributed by atoms with Gasteiger partial charge in [0.2, 0.25) is 5.91 Å². The molecule has 5 heteroatoms. The zero-order chi connectivity index (χ0) is 15.4. The highest BCUT2D eigenvalue weighted by molar-refractivity contribution is 5.89. The van der Waals surface area contributed by atoms with E-state index >= 15 is 0 Å². The van der Waals surface area contributed by atoms with Crippen molar-refractivity contribution in [3.63, 3.8) is 0 Å². The number of hydrogen-bond donors (Lipinski definition) is 2. The van der Waals surface area contributed by atoms with E-state index < -0.39 is 0 Å². The van der Waals surface area contributed by atoms with E-state index in [9.17, 15) is 9.18 Å². The molecule has 1 amide bonds. The molecule has 0 saturated carbocycles. The monoisotopic (exact) mass is 293 g/mol. The molecule has 21 heavy (non-hydrogen) atoms. The lowest BCUT2D eigenvalue weighted by Gasteiger charge is -2.33. The summed E-state index contributed by atoms with van der Waals surface area (Å²) in [5, 5.41) is 5.94. The summed E-state index contributed by atoms with van der Waals surface area (Å²) in [5.41, 5.74) is 1.06. The normalized spacial score (nSPS) is 18.3. The smallest absolute Gasteiger partial charge is 0.221 e. The van der Waals surface area contributed by atoms with Gasteiger partial charge >= 0.3 is 0 Å². The third-order valence-electron chi connectivity index (χ3n) is 4.14. The number of benzene rings is 1. The lowest BCUT2D eigenvalue weighted by atomic mass is 9.90. The average Bonchev–Trinajstić information content (AvgIpc) is 2.42. The Labute approximate surface area is 125 Å². The number of anilines is 2. The van der Waals surface area contributed by atoms with Crippen LogP contribution in [0.3, 0.4) is 0 Å². The Morgan fingerprint density at radius 1 is 1.38 bits per heavy atom. The Hall–Kier alpha value is -1.62. The van der Waals surface area contributed by atoms with Crippen molar-refractivity contribution in [2.24, 2.45) is 5.92 Å². The summed E-state index contributed by atoms with van der Waals surface area (Å²) < 4.78 is 13.9. The molecule has 0 aliphatic carbocycles. The van der Waals surface area contributed by atoms with Gasteiger partial charge in [-0.1, -0.05) is 0 Å². The quantitative estimate of drug-likeness (QED) is 0.897. The zero-order valence-electron chi connectivity index (χ0n) is 12.9. The molecule has 116 valence electrons. The number of amides is 1. The van der Waals surface area contributed by atoms with Crippen molar-refractivity contribution in [3.05, 3.63) is 24.0 Å². The number of halogens is 1. The highest BCUT2D eigenvalue weighted by Crippen LogP contribution is 2.25. The Balaban J connectivity index is 2.02. The Morgan fingerprint density at radius 3 is 2.67 bits per heavy atom.